The van der Waals surface area contributed by atoms with E-state index in [2.05, 4.69) is 19.1 Å². The van der Waals surface area contributed by atoms with E-state index < -0.39 is 39.7 Å². The van der Waals surface area contributed by atoms with E-state index in [9.17, 15) is 26.4 Å². The molecule has 0 aromatic heterocycles. The van der Waals surface area contributed by atoms with Crippen molar-refractivity contribution in [1.82, 2.24) is 0 Å². The van der Waals surface area contributed by atoms with Crippen molar-refractivity contribution in [3.63, 3.8) is 0 Å². The number of ketones is 1. The summed E-state index contributed by atoms with van der Waals surface area (Å²) in [6.45, 7) is 2.22. The summed E-state index contributed by atoms with van der Waals surface area (Å²) in [5, 5.41) is 0. The number of alkyl halides is 3. The fourth-order valence-electron chi connectivity index (χ4n) is 3.05. The van der Waals surface area contributed by atoms with E-state index in [1.807, 2.05) is 0 Å². The quantitative estimate of drug-likeness (QED) is 0.161. The van der Waals surface area contributed by atoms with Crippen molar-refractivity contribution in [1.29, 1.82) is 0 Å². The zero-order valence-electron chi connectivity index (χ0n) is 17.9. The van der Waals surface area contributed by atoms with Crippen LogP contribution in [0, 0.1) is 0 Å². The second-order valence-electron chi connectivity index (χ2n) is 7.83. The maximum absolute atomic E-state index is 12.1. The summed E-state index contributed by atoms with van der Waals surface area (Å²) >= 11 is 0. The van der Waals surface area contributed by atoms with Crippen molar-refractivity contribution in [3.05, 3.63) is 12.2 Å². The third-order valence-electron chi connectivity index (χ3n) is 4.79. The number of Topliss-reactive ketones (excluding diaryl/α,β-unsaturated/α-hetero) is 1. The molecule has 0 atom stereocenters. The zero-order chi connectivity index (χ0) is 22.0. The Morgan fingerprint density at radius 2 is 1.28 bits per heavy atom. The van der Waals surface area contributed by atoms with Gasteiger partial charge in [0.05, 0.1) is 12.2 Å². The molecule has 0 aliphatic carbocycles. The van der Waals surface area contributed by atoms with Crippen LogP contribution in [0.15, 0.2) is 12.2 Å². The molecule has 0 aliphatic heterocycles. The van der Waals surface area contributed by atoms with Crippen LogP contribution in [-0.2, 0) is 14.6 Å². The Kier molecular flexibility index (Phi) is 16.4. The van der Waals surface area contributed by atoms with Gasteiger partial charge in [-0.3, -0.25) is 4.79 Å². The highest BCUT2D eigenvalue weighted by Gasteiger charge is 2.30. The predicted octanol–water partition coefficient (Wildman–Crippen LogP) is 6.96. The highest BCUT2D eigenvalue weighted by atomic mass is 32.2. The first-order chi connectivity index (χ1) is 13.7. The Hall–Kier alpha value is -0.850. The zero-order valence-corrected chi connectivity index (χ0v) is 18.8. The molecule has 0 bridgehead atoms. The van der Waals surface area contributed by atoms with Crippen LogP contribution >= 0.6 is 0 Å². The second kappa shape index (κ2) is 16.9. The number of rotatable bonds is 19. The van der Waals surface area contributed by atoms with Crippen LogP contribution in [0.2, 0.25) is 0 Å². The molecule has 0 aromatic carbocycles. The topological polar surface area (TPSA) is 51.2 Å². The van der Waals surface area contributed by atoms with Crippen LogP contribution in [0.5, 0.6) is 0 Å². The lowest BCUT2D eigenvalue weighted by atomic mass is 10.1. The van der Waals surface area contributed by atoms with E-state index in [1.54, 1.807) is 0 Å². The van der Waals surface area contributed by atoms with Gasteiger partial charge >= 0.3 is 6.18 Å². The van der Waals surface area contributed by atoms with E-state index in [0.29, 0.717) is 6.42 Å². The molecule has 0 aliphatic rings. The Balaban J connectivity index is 3.54. The first-order valence-electron chi connectivity index (χ1n) is 11.1. The van der Waals surface area contributed by atoms with Crippen molar-refractivity contribution >= 4 is 15.6 Å². The number of hydrogen-bond donors (Lipinski definition) is 0. The third-order valence-corrected chi connectivity index (χ3v) is 6.38. The Labute approximate surface area is 175 Å². The lowest BCUT2D eigenvalue weighted by Crippen LogP contribution is -2.22. The molecule has 29 heavy (non-hydrogen) atoms. The smallest absolute Gasteiger partial charge is 0.299 e. The first kappa shape index (κ1) is 28.1. The molecule has 3 nitrogen and oxygen atoms in total. The lowest BCUT2D eigenvalue weighted by molar-refractivity contribution is -0.130. The molecule has 7 heteroatoms. The maximum Gasteiger partial charge on any atom is 0.390 e. The van der Waals surface area contributed by atoms with Crippen LogP contribution in [0.1, 0.15) is 103 Å². The van der Waals surface area contributed by atoms with Crippen molar-refractivity contribution < 1.29 is 26.4 Å². The average molecular weight is 441 g/mol. The largest absolute Gasteiger partial charge is 0.390 e. The summed E-state index contributed by atoms with van der Waals surface area (Å²) in [7, 11) is -3.96. The van der Waals surface area contributed by atoms with Gasteiger partial charge in [-0.05, 0) is 32.1 Å². The van der Waals surface area contributed by atoms with Crippen LogP contribution in [0.25, 0.3) is 0 Å². The molecule has 0 saturated carbocycles. The number of allylic oxidation sites excluding steroid dienone is 2. The molecule has 0 aromatic rings. The van der Waals surface area contributed by atoms with Gasteiger partial charge in [-0.1, -0.05) is 70.4 Å². The monoisotopic (exact) mass is 440 g/mol. The Morgan fingerprint density at radius 3 is 1.79 bits per heavy atom. The van der Waals surface area contributed by atoms with Gasteiger partial charge in [0.25, 0.3) is 0 Å². The van der Waals surface area contributed by atoms with Crippen LogP contribution in [0.4, 0.5) is 13.2 Å². The molecule has 0 heterocycles. The van der Waals surface area contributed by atoms with E-state index in [0.717, 1.165) is 38.5 Å². The molecule has 172 valence electrons. The fourth-order valence-corrected chi connectivity index (χ4v) is 4.38. The first-order valence-corrected chi connectivity index (χ1v) is 12.9. The molecular weight excluding hydrogens is 401 g/mol. The van der Waals surface area contributed by atoms with E-state index in [-0.39, 0.29) is 6.42 Å². The minimum absolute atomic E-state index is 0.128. The molecule has 0 radical (unpaired) electrons. The molecule has 0 fully saturated rings. The minimum Gasteiger partial charge on any atom is -0.299 e. The van der Waals surface area contributed by atoms with Gasteiger partial charge in [-0.15, -0.1) is 0 Å². The lowest BCUT2D eigenvalue weighted by Gasteiger charge is -2.07. The van der Waals surface area contributed by atoms with E-state index in [4.69, 9.17) is 0 Å². The summed E-state index contributed by atoms with van der Waals surface area (Å²) in [5.41, 5.74) is 0. The van der Waals surface area contributed by atoms with Gasteiger partial charge < -0.3 is 0 Å². The van der Waals surface area contributed by atoms with Crippen molar-refractivity contribution in [2.24, 2.45) is 0 Å². The van der Waals surface area contributed by atoms with Crippen LogP contribution in [0.3, 0.4) is 0 Å². The van der Waals surface area contributed by atoms with Crippen molar-refractivity contribution in [2.75, 3.05) is 11.5 Å². The molecule has 0 N–H and O–H groups in total. The van der Waals surface area contributed by atoms with E-state index >= 15 is 0 Å². The van der Waals surface area contributed by atoms with E-state index in [1.165, 1.54) is 38.5 Å². The molecule has 0 rings (SSSR count). The highest BCUT2D eigenvalue weighted by Crippen LogP contribution is 2.20. The van der Waals surface area contributed by atoms with Gasteiger partial charge in [0.15, 0.2) is 9.84 Å². The number of carbonyl (C=O) groups is 1. The van der Waals surface area contributed by atoms with Gasteiger partial charge in [0.2, 0.25) is 0 Å². The van der Waals surface area contributed by atoms with Crippen molar-refractivity contribution in [2.45, 2.75) is 109 Å². The van der Waals surface area contributed by atoms with Gasteiger partial charge in [-0.25, -0.2) is 8.42 Å². The fraction of sp³-hybridized carbons (Fsp3) is 0.864. The predicted molar refractivity (Wildman–Crippen MR) is 114 cm³/mol. The van der Waals surface area contributed by atoms with Gasteiger partial charge in [0.1, 0.15) is 11.5 Å². The van der Waals surface area contributed by atoms with Crippen LogP contribution in [-0.4, -0.2) is 31.9 Å². The number of unbranched alkanes of at least 4 members (excludes halogenated alkanes) is 11. The average Bonchev–Trinajstić information content (AvgIpc) is 2.62. The standard InChI is InChI=1S/C22H39F3O3S/c1-2-3-4-5-6-7-8-9-10-11-12-13-14-15-16-17-21(26)20-29(27,28)19-18-22(23,24)25/h9-10H,2-8,11-20H2,1H3/b10-9-. The summed E-state index contributed by atoms with van der Waals surface area (Å²) in [6.07, 6.45) is 13.4. The Bertz CT molecular complexity index is 540. The summed E-state index contributed by atoms with van der Waals surface area (Å²) in [6, 6.07) is 0. The highest BCUT2D eigenvalue weighted by molar-refractivity contribution is 7.92. The van der Waals surface area contributed by atoms with Gasteiger partial charge in [-0.2, -0.15) is 13.2 Å². The van der Waals surface area contributed by atoms with Crippen LogP contribution < -0.4 is 0 Å². The summed E-state index contributed by atoms with van der Waals surface area (Å²) in [5.74, 6) is -2.26. The molecular formula is C22H39F3O3S. The van der Waals surface area contributed by atoms with Gasteiger partial charge in [0, 0.05) is 6.42 Å². The maximum atomic E-state index is 12.1. The number of sulfone groups is 1. The Morgan fingerprint density at radius 1 is 0.793 bits per heavy atom. The third kappa shape index (κ3) is 21.7. The molecule has 0 amide bonds. The SMILES string of the molecule is CCCCCCCC/C=C\CCCCCCCC(=O)CS(=O)(=O)CCC(F)(F)F. The minimum atomic E-state index is -4.51. The molecule has 0 unspecified atom stereocenters. The number of hydrogen-bond acceptors (Lipinski definition) is 3. The summed E-state index contributed by atoms with van der Waals surface area (Å²) in [4.78, 5) is 11.6. The second-order valence-corrected chi connectivity index (χ2v) is 10.0. The summed E-state index contributed by atoms with van der Waals surface area (Å²) < 4.78 is 59.3. The number of halogens is 3. The van der Waals surface area contributed by atoms with Crippen molar-refractivity contribution in [3.8, 4) is 0 Å². The normalized spacial score (nSPS) is 12.7. The number of carbonyl (C=O) groups excluding carboxylic acids is 1. The molecule has 0 spiro atoms. The molecule has 0 saturated heterocycles.